The Balaban J connectivity index is 2.54. The van der Waals surface area contributed by atoms with Crippen LogP contribution in [0.1, 0.15) is 33.1 Å². The van der Waals surface area contributed by atoms with Crippen LogP contribution >= 0.6 is 0 Å². The Labute approximate surface area is 115 Å². The fraction of sp³-hybridized carbons (Fsp3) is 0.917. The molecule has 7 heteroatoms. The molecule has 1 fully saturated rings. The van der Waals surface area contributed by atoms with Crippen LogP contribution in [0, 0.1) is 5.92 Å². The first kappa shape index (κ1) is 16.4. The van der Waals surface area contributed by atoms with Crippen LogP contribution in [-0.2, 0) is 14.8 Å². The van der Waals surface area contributed by atoms with Gasteiger partial charge < -0.3 is 10.4 Å². The van der Waals surface area contributed by atoms with E-state index in [0.29, 0.717) is 25.8 Å². The summed E-state index contributed by atoms with van der Waals surface area (Å²) in [5.41, 5.74) is -0.916. The van der Waals surface area contributed by atoms with Gasteiger partial charge in [0.1, 0.15) is 0 Å². The third kappa shape index (κ3) is 5.08. The van der Waals surface area contributed by atoms with E-state index in [1.165, 1.54) is 4.31 Å². The number of amides is 1. The molecule has 1 aliphatic heterocycles. The number of nitrogens with one attached hydrogen (secondary N) is 1. The van der Waals surface area contributed by atoms with Gasteiger partial charge in [-0.05, 0) is 26.2 Å². The molecular weight excluding hydrogens is 268 g/mol. The molecule has 0 aromatic rings. The molecular formula is C12H24N2O4S. The maximum Gasteiger partial charge on any atom is 0.224 e. The maximum absolute atomic E-state index is 12.0. The summed E-state index contributed by atoms with van der Waals surface area (Å²) >= 11 is 0. The number of sulfonamides is 1. The van der Waals surface area contributed by atoms with E-state index in [1.54, 1.807) is 6.92 Å². The molecule has 0 spiro atoms. The van der Waals surface area contributed by atoms with Crippen molar-refractivity contribution in [2.75, 3.05) is 25.9 Å². The Bertz CT molecular complexity index is 419. The number of hydrogen-bond donors (Lipinski definition) is 2. The Morgan fingerprint density at radius 1 is 1.53 bits per heavy atom. The highest BCUT2D eigenvalue weighted by atomic mass is 32.2. The van der Waals surface area contributed by atoms with E-state index in [0.717, 1.165) is 6.26 Å². The lowest BCUT2D eigenvalue weighted by molar-refractivity contribution is -0.127. The summed E-state index contributed by atoms with van der Waals surface area (Å²) in [6, 6.07) is 0. The smallest absolute Gasteiger partial charge is 0.224 e. The molecule has 0 aliphatic carbocycles. The van der Waals surface area contributed by atoms with E-state index < -0.39 is 15.6 Å². The molecule has 1 amide bonds. The molecule has 2 unspecified atom stereocenters. The van der Waals surface area contributed by atoms with Crippen LogP contribution in [0.15, 0.2) is 0 Å². The monoisotopic (exact) mass is 292 g/mol. The number of carbonyl (C=O) groups is 1. The molecule has 0 saturated carbocycles. The van der Waals surface area contributed by atoms with E-state index in [9.17, 15) is 18.3 Å². The number of piperidine rings is 1. The Kier molecular flexibility index (Phi) is 5.34. The minimum Gasteiger partial charge on any atom is -0.388 e. The van der Waals surface area contributed by atoms with E-state index >= 15 is 0 Å². The van der Waals surface area contributed by atoms with Gasteiger partial charge in [-0.25, -0.2) is 12.7 Å². The van der Waals surface area contributed by atoms with Crippen molar-refractivity contribution >= 4 is 15.9 Å². The second-order valence-electron chi connectivity index (χ2n) is 5.53. The van der Waals surface area contributed by atoms with Crippen LogP contribution in [0.4, 0.5) is 0 Å². The van der Waals surface area contributed by atoms with Crippen molar-refractivity contribution in [1.82, 2.24) is 9.62 Å². The third-order valence-corrected chi connectivity index (χ3v) is 4.90. The predicted octanol–water partition coefficient (Wildman–Crippen LogP) is -0.0648. The molecule has 1 rings (SSSR count). The fourth-order valence-corrected chi connectivity index (χ4v) is 2.92. The van der Waals surface area contributed by atoms with Crippen LogP contribution in [0.3, 0.4) is 0 Å². The van der Waals surface area contributed by atoms with Crippen LogP contribution in [0.25, 0.3) is 0 Å². The lowest BCUT2D eigenvalue weighted by Gasteiger charge is -2.31. The highest BCUT2D eigenvalue weighted by molar-refractivity contribution is 7.88. The largest absolute Gasteiger partial charge is 0.388 e. The van der Waals surface area contributed by atoms with Crippen molar-refractivity contribution < 1.29 is 18.3 Å². The van der Waals surface area contributed by atoms with Crippen LogP contribution in [0.2, 0.25) is 0 Å². The summed E-state index contributed by atoms with van der Waals surface area (Å²) in [6.45, 7) is 4.42. The van der Waals surface area contributed by atoms with Crippen LogP contribution in [0.5, 0.6) is 0 Å². The SMILES string of the molecule is CCC(C)(O)CNC(=O)C1CCCN(S(C)(=O)=O)C1. The first-order chi connectivity index (χ1) is 8.65. The number of hydrogen-bond acceptors (Lipinski definition) is 4. The normalized spacial score (nSPS) is 24.7. The zero-order chi connectivity index (χ0) is 14.7. The fourth-order valence-electron chi connectivity index (χ4n) is 2.00. The standard InChI is InChI=1S/C12H24N2O4S/c1-4-12(2,16)9-13-11(15)10-6-5-7-14(8-10)19(3,17)18/h10,16H,4-9H2,1-3H3,(H,13,15). The molecule has 19 heavy (non-hydrogen) atoms. The van der Waals surface area contributed by atoms with Gasteiger partial charge in [0.15, 0.2) is 0 Å². The minimum atomic E-state index is -3.24. The lowest BCUT2D eigenvalue weighted by Crippen LogP contribution is -2.48. The van der Waals surface area contributed by atoms with Crippen molar-refractivity contribution in [2.45, 2.75) is 38.7 Å². The Morgan fingerprint density at radius 2 is 2.16 bits per heavy atom. The summed E-state index contributed by atoms with van der Waals surface area (Å²) in [7, 11) is -3.24. The zero-order valence-corrected chi connectivity index (χ0v) is 12.7. The third-order valence-electron chi connectivity index (χ3n) is 3.63. The molecule has 6 nitrogen and oxygen atoms in total. The quantitative estimate of drug-likeness (QED) is 0.743. The Morgan fingerprint density at radius 3 is 2.68 bits per heavy atom. The van der Waals surface area contributed by atoms with Gasteiger partial charge in [0.05, 0.1) is 17.8 Å². The van der Waals surface area contributed by atoms with E-state index in [-0.39, 0.29) is 24.9 Å². The van der Waals surface area contributed by atoms with Crippen molar-refractivity contribution in [2.24, 2.45) is 5.92 Å². The summed E-state index contributed by atoms with van der Waals surface area (Å²) < 4.78 is 24.3. The topological polar surface area (TPSA) is 86.7 Å². The molecule has 1 saturated heterocycles. The summed E-state index contributed by atoms with van der Waals surface area (Å²) in [5, 5.41) is 12.5. The average Bonchev–Trinajstić information content (AvgIpc) is 2.35. The summed E-state index contributed by atoms with van der Waals surface area (Å²) in [5.74, 6) is -0.502. The number of nitrogens with zero attached hydrogens (tertiary/aromatic N) is 1. The number of carbonyl (C=O) groups excluding carboxylic acids is 1. The van der Waals surface area contributed by atoms with Crippen molar-refractivity contribution in [3.63, 3.8) is 0 Å². The molecule has 0 aromatic heterocycles. The maximum atomic E-state index is 12.0. The van der Waals surface area contributed by atoms with Gasteiger partial charge in [0.25, 0.3) is 0 Å². The molecule has 2 atom stereocenters. The van der Waals surface area contributed by atoms with Crippen molar-refractivity contribution in [1.29, 1.82) is 0 Å². The summed E-state index contributed by atoms with van der Waals surface area (Å²) in [6.07, 6.45) is 3.09. The molecule has 0 bridgehead atoms. The second kappa shape index (κ2) is 6.19. The molecule has 1 heterocycles. The van der Waals surface area contributed by atoms with Gasteiger partial charge in [-0.1, -0.05) is 6.92 Å². The van der Waals surface area contributed by atoms with Crippen LogP contribution < -0.4 is 5.32 Å². The van der Waals surface area contributed by atoms with E-state index in [2.05, 4.69) is 5.32 Å². The first-order valence-corrected chi connectivity index (χ1v) is 8.46. The number of rotatable bonds is 5. The minimum absolute atomic E-state index is 0.179. The summed E-state index contributed by atoms with van der Waals surface area (Å²) in [4.78, 5) is 12.0. The average molecular weight is 292 g/mol. The zero-order valence-electron chi connectivity index (χ0n) is 11.8. The predicted molar refractivity (Wildman–Crippen MR) is 73.1 cm³/mol. The molecule has 1 aliphatic rings. The molecule has 2 N–H and O–H groups in total. The van der Waals surface area contributed by atoms with Gasteiger partial charge >= 0.3 is 0 Å². The highest BCUT2D eigenvalue weighted by Gasteiger charge is 2.30. The van der Waals surface area contributed by atoms with Crippen LogP contribution in [-0.4, -0.2) is 55.2 Å². The first-order valence-electron chi connectivity index (χ1n) is 6.61. The van der Waals surface area contributed by atoms with Crippen molar-refractivity contribution in [3.8, 4) is 0 Å². The number of aliphatic hydroxyl groups is 1. The highest BCUT2D eigenvalue weighted by Crippen LogP contribution is 2.19. The van der Waals surface area contributed by atoms with E-state index in [4.69, 9.17) is 0 Å². The molecule has 0 radical (unpaired) electrons. The Hall–Kier alpha value is -0.660. The van der Waals surface area contributed by atoms with E-state index in [1.807, 2.05) is 6.92 Å². The molecule has 112 valence electrons. The second-order valence-corrected chi connectivity index (χ2v) is 7.51. The molecule has 0 aromatic carbocycles. The van der Waals surface area contributed by atoms with Gasteiger partial charge in [0, 0.05) is 19.6 Å². The van der Waals surface area contributed by atoms with Gasteiger partial charge in [0.2, 0.25) is 15.9 Å². The van der Waals surface area contributed by atoms with Gasteiger partial charge in [-0.3, -0.25) is 4.79 Å². The van der Waals surface area contributed by atoms with Gasteiger partial charge in [-0.15, -0.1) is 0 Å². The lowest BCUT2D eigenvalue weighted by atomic mass is 9.98. The van der Waals surface area contributed by atoms with Gasteiger partial charge in [-0.2, -0.15) is 0 Å². The van der Waals surface area contributed by atoms with Crippen molar-refractivity contribution in [3.05, 3.63) is 0 Å².